The molecule has 0 aromatic rings. The third kappa shape index (κ3) is 15.6. The first-order valence-corrected chi connectivity index (χ1v) is 8.06. The maximum atomic E-state index is 10.1. The van der Waals surface area contributed by atoms with Gasteiger partial charge in [0.1, 0.15) is 6.29 Å². The highest BCUT2D eigenvalue weighted by atomic mass is 16.1. The van der Waals surface area contributed by atoms with E-state index in [1.165, 1.54) is 77.3 Å². The van der Waals surface area contributed by atoms with Crippen LogP contribution in [0.4, 0.5) is 0 Å². The largest absolute Gasteiger partial charge is 0.317 e. The van der Waals surface area contributed by atoms with Crippen molar-refractivity contribution in [2.75, 3.05) is 13.1 Å². The molecule has 0 heterocycles. The first kappa shape index (κ1) is 17.6. The second-order valence-electron chi connectivity index (χ2n) is 5.24. The maximum absolute atomic E-state index is 10.1. The minimum Gasteiger partial charge on any atom is -0.317 e. The molecular formula is C16H33NO. The standard InChI is InChI=1S/C16H33NO/c1-2-3-4-5-8-11-14-17-15-12-9-6-7-10-13-16-18/h16-17H,2-15H2,1H3. The number of rotatable bonds is 15. The van der Waals surface area contributed by atoms with Crippen molar-refractivity contribution in [3.8, 4) is 0 Å². The first-order valence-electron chi connectivity index (χ1n) is 8.06. The molecule has 0 bridgehead atoms. The van der Waals surface area contributed by atoms with E-state index in [2.05, 4.69) is 12.2 Å². The van der Waals surface area contributed by atoms with Gasteiger partial charge in [0.05, 0.1) is 0 Å². The summed E-state index contributed by atoms with van der Waals surface area (Å²) >= 11 is 0. The van der Waals surface area contributed by atoms with Gasteiger partial charge in [-0.3, -0.25) is 0 Å². The topological polar surface area (TPSA) is 29.1 Å². The normalized spacial score (nSPS) is 10.7. The van der Waals surface area contributed by atoms with Gasteiger partial charge in [0.2, 0.25) is 0 Å². The van der Waals surface area contributed by atoms with Gasteiger partial charge in [-0.15, -0.1) is 0 Å². The molecule has 0 radical (unpaired) electrons. The van der Waals surface area contributed by atoms with E-state index in [0.717, 1.165) is 19.1 Å². The molecule has 108 valence electrons. The van der Waals surface area contributed by atoms with Crippen LogP contribution < -0.4 is 5.32 Å². The molecule has 0 aliphatic heterocycles. The number of hydrogen-bond donors (Lipinski definition) is 1. The molecule has 0 amide bonds. The molecule has 2 heteroatoms. The van der Waals surface area contributed by atoms with Crippen LogP contribution in [0.2, 0.25) is 0 Å². The summed E-state index contributed by atoms with van der Waals surface area (Å²) in [7, 11) is 0. The van der Waals surface area contributed by atoms with E-state index in [9.17, 15) is 4.79 Å². The van der Waals surface area contributed by atoms with Crippen molar-refractivity contribution in [1.29, 1.82) is 0 Å². The van der Waals surface area contributed by atoms with E-state index in [0.29, 0.717) is 0 Å². The summed E-state index contributed by atoms with van der Waals surface area (Å²) in [5, 5.41) is 3.52. The Morgan fingerprint density at radius 1 is 0.722 bits per heavy atom. The summed E-state index contributed by atoms with van der Waals surface area (Å²) in [6.45, 7) is 4.63. The lowest BCUT2D eigenvalue weighted by Crippen LogP contribution is -2.16. The predicted molar refractivity (Wildman–Crippen MR) is 80.0 cm³/mol. The SMILES string of the molecule is CCCCCCCCNCCCCCCCC=O. The summed E-state index contributed by atoms with van der Waals surface area (Å²) in [6, 6.07) is 0. The quantitative estimate of drug-likeness (QED) is 0.345. The highest BCUT2D eigenvalue weighted by molar-refractivity contribution is 5.48. The molecule has 0 rings (SSSR count). The van der Waals surface area contributed by atoms with Crippen molar-refractivity contribution in [1.82, 2.24) is 5.32 Å². The van der Waals surface area contributed by atoms with Crippen LogP contribution in [-0.4, -0.2) is 19.4 Å². The van der Waals surface area contributed by atoms with E-state index >= 15 is 0 Å². The van der Waals surface area contributed by atoms with E-state index in [-0.39, 0.29) is 0 Å². The van der Waals surface area contributed by atoms with Crippen LogP contribution in [-0.2, 0) is 4.79 Å². The monoisotopic (exact) mass is 255 g/mol. The molecule has 0 aliphatic rings. The summed E-state index contributed by atoms with van der Waals surface area (Å²) in [6.07, 6.45) is 16.2. The van der Waals surface area contributed by atoms with Crippen LogP contribution in [0.1, 0.15) is 84.0 Å². The third-order valence-electron chi connectivity index (χ3n) is 3.38. The Morgan fingerprint density at radius 2 is 1.22 bits per heavy atom. The Morgan fingerprint density at radius 3 is 1.78 bits per heavy atom. The van der Waals surface area contributed by atoms with Gasteiger partial charge >= 0.3 is 0 Å². The van der Waals surface area contributed by atoms with Crippen molar-refractivity contribution < 1.29 is 4.79 Å². The van der Waals surface area contributed by atoms with Gasteiger partial charge in [-0.1, -0.05) is 58.3 Å². The molecule has 0 spiro atoms. The van der Waals surface area contributed by atoms with E-state index in [1.54, 1.807) is 0 Å². The third-order valence-corrected chi connectivity index (χ3v) is 3.38. The van der Waals surface area contributed by atoms with Gasteiger partial charge in [0.25, 0.3) is 0 Å². The van der Waals surface area contributed by atoms with Crippen LogP contribution >= 0.6 is 0 Å². The van der Waals surface area contributed by atoms with Crippen LogP contribution in [0.5, 0.6) is 0 Å². The maximum Gasteiger partial charge on any atom is 0.119 e. The molecular weight excluding hydrogens is 222 g/mol. The molecule has 0 aromatic heterocycles. The second kappa shape index (κ2) is 16.6. The molecule has 18 heavy (non-hydrogen) atoms. The number of unbranched alkanes of at least 4 members (excludes halogenated alkanes) is 10. The van der Waals surface area contributed by atoms with Crippen molar-refractivity contribution in [3.63, 3.8) is 0 Å². The molecule has 0 saturated heterocycles. The molecule has 1 N–H and O–H groups in total. The molecule has 0 fully saturated rings. The highest BCUT2D eigenvalue weighted by Crippen LogP contribution is 2.05. The lowest BCUT2D eigenvalue weighted by Gasteiger charge is -2.04. The average molecular weight is 255 g/mol. The molecule has 0 saturated carbocycles. The van der Waals surface area contributed by atoms with Crippen molar-refractivity contribution in [2.45, 2.75) is 84.0 Å². The van der Waals surface area contributed by atoms with Gasteiger partial charge < -0.3 is 10.1 Å². The molecule has 0 aliphatic carbocycles. The first-order chi connectivity index (χ1) is 8.91. The number of nitrogens with one attached hydrogen (secondary N) is 1. The Kier molecular flexibility index (Phi) is 16.3. The van der Waals surface area contributed by atoms with Crippen molar-refractivity contribution in [2.24, 2.45) is 0 Å². The number of carbonyl (C=O) groups is 1. The molecule has 0 unspecified atom stereocenters. The fraction of sp³-hybridized carbons (Fsp3) is 0.938. The van der Waals surface area contributed by atoms with Crippen LogP contribution in [0.15, 0.2) is 0 Å². The Balaban J connectivity index is 2.88. The zero-order valence-corrected chi connectivity index (χ0v) is 12.4. The second-order valence-corrected chi connectivity index (χ2v) is 5.24. The fourth-order valence-corrected chi connectivity index (χ4v) is 2.16. The van der Waals surface area contributed by atoms with Gasteiger partial charge in [-0.2, -0.15) is 0 Å². The molecule has 2 nitrogen and oxygen atoms in total. The molecule has 0 aromatic carbocycles. The van der Waals surface area contributed by atoms with Crippen LogP contribution in [0.3, 0.4) is 0 Å². The number of hydrogen-bond acceptors (Lipinski definition) is 2. The van der Waals surface area contributed by atoms with Crippen LogP contribution in [0.25, 0.3) is 0 Å². The van der Waals surface area contributed by atoms with E-state index < -0.39 is 0 Å². The van der Waals surface area contributed by atoms with Gasteiger partial charge in [0, 0.05) is 6.42 Å². The summed E-state index contributed by atoms with van der Waals surface area (Å²) in [5.41, 5.74) is 0. The van der Waals surface area contributed by atoms with Gasteiger partial charge in [-0.05, 0) is 32.4 Å². The zero-order chi connectivity index (χ0) is 13.3. The zero-order valence-electron chi connectivity index (χ0n) is 12.4. The number of aldehydes is 1. The lowest BCUT2D eigenvalue weighted by molar-refractivity contribution is -0.107. The van der Waals surface area contributed by atoms with Crippen molar-refractivity contribution >= 4 is 6.29 Å². The summed E-state index contributed by atoms with van der Waals surface area (Å²) in [4.78, 5) is 10.1. The van der Waals surface area contributed by atoms with Gasteiger partial charge in [0.15, 0.2) is 0 Å². The van der Waals surface area contributed by atoms with Crippen LogP contribution in [0, 0.1) is 0 Å². The van der Waals surface area contributed by atoms with Crippen molar-refractivity contribution in [3.05, 3.63) is 0 Å². The minimum atomic E-state index is 0.746. The summed E-state index contributed by atoms with van der Waals surface area (Å²) < 4.78 is 0. The summed E-state index contributed by atoms with van der Waals surface area (Å²) in [5.74, 6) is 0. The lowest BCUT2D eigenvalue weighted by atomic mass is 10.1. The Hall–Kier alpha value is -0.370. The smallest absolute Gasteiger partial charge is 0.119 e. The highest BCUT2D eigenvalue weighted by Gasteiger charge is 1.92. The molecule has 0 atom stereocenters. The average Bonchev–Trinajstić information content (AvgIpc) is 2.39. The van der Waals surface area contributed by atoms with E-state index in [1.807, 2.05) is 0 Å². The fourth-order valence-electron chi connectivity index (χ4n) is 2.16. The van der Waals surface area contributed by atoms with Gasteiger partial charge in [-0.25, -0.2) is 0 Å². The number of carbonyl (C=O) groups excluding carboxylic acids is 1. The Labute approximate surface area is 114 Å². The van der Waals surface area contributed by atoms with E-state index in [4.69, 9.17) is 0 Å². The minimum absolute atomic E-state index is 0.746. The predicted octanol–water partition coefficient (Wildman–Crippen LogP) is 4.48. The Bertz CT molecular complexity index is 159.